The normalized spacial score (nSPS) is 29.4. The fraction of sp³-hybridized carbons (Fsp3) is 0.625. The molecule has 0 radical (unpaired) electrons. The molecule has 4 nitrogen and oxygen atoms in total. The molecule has 4 rings (SSSR count). The van der Waals surface area contributed by atoms with Crippen LogP contribution in [0, 0.1) is 11.8 Å². The Hall–Kier alpha value is -1.81. The van der Waals surface area contributed by atoms with Crippen LogP contribution in [0.25, 0.3) is 0 Å². The van der Waals surface area contributed by atoms with Gasteiger partial charge in [-0.2, -0.15) is 0 Å². The van der Waals surface area contributed by atoms with E-state index in [1.54, 1.807) is 0 Å². The minimum atomic E-state index is -0.482. The van der Waals surface area contributed by atoms with E-state index < -0.39 is 6.10 Å². The molecule has 0 amide bonds. The first kappa shape index (κ1) is 19.5. The van der Waals surface area contributed by atoms with Crippen molar-refractivity contribution in [2.24, 2.45) is 11.8 Å². The summed E-state index contributed by atoms with van der Waals surface area (Å²) in [5.41, 5.74) is 5.47. The van der Waals surface area contributed by atoms with Crippen molar-refractivity contribution in [3.05, 3.63) is 46.4 Å². The molecule has 1 saturated carbocycles. The summed E-state index contributed by atoms with van der Waals surface area (Å²) in [5, 5.41) is 10.5. The molecule has 2 heterocycles. The summed E-state index contributed by atoms with van der Waals surface area (Å²) in [7, 11) is 0. The fourth-order valence-electron chi connectivity index (χ4n) is 5.65. The third kappa shape index (κ3) is 3.36. The molecule has 152 valence electrons. The topological polar surface area (TPSA) is 49.8 Å². The van der Waals surface area contributed by atoms with E-state index in [1.807, 2.05) is 0 Å². The molecule has 4 aliphatic rings. The Morgan fingerprint density at radius 2 is 2.07 bits per heavy atom. The first-order valence-electron chi connectivity index (χ1n) is 11.0. The van der Waals surface area contributed by atoms with Crippen LogP contribution < -0.4 is 0 Å². The molecule has 0 aromatic carbocycles. The highest BCUT2D eigenvalue weighted by Crippen LogP contribution is 2.48. The van der Waals surface area contributed by atoms with Gasteiger partial charge in [-0.3, -0.25) is 4.79 Å². The molecule has 1 unspecified atom stereocenters. The van der Waals surface area contributed by atoms with Gasteiger partial charge in [0.2, 0.25) is 0 Å². The third-order valence-electron chi connectivity index (χ3n) is 6.91. The van der Waals surface area contributed by atoms with Crippen molar-refractivity contribution in [3.63, 3.8) is 0 Å². The summed E-state index contributed by atoms with van der Waals surface area (Å²) in [6.07, 6.45) is 14.0. The third-order valence-corrected chi connectivity index (χ3v) is 6.91. The Kier molecular flexibility index (Phi) is 5.50. The number of esters is 1. The molecule has 1 fully saturated rings. The lowest BCUT2D eigenvalue weighted by Gasteiger charge is -2.50. The van der Waals surface area contributed by atoms with Gasteiger partial charge in [-0.1, -0.05) is 38.5 Å². The van der Waals surface area contributed by atoms with E-state index in [9.17, 15) is 9.90 Å². The Morgan fingerprint density at radius 1 is 1.29 bits per heavy atom. The smallest absolute Gasteiger partial charge is 0.307 e. The zero-order valence-corrected chi connectivity index (χ0v) is 17.4. The van der Waals surface area contributed by atoms with Gasteiger partial charge in [0.1, 0.15) is 5.76 Å². The minimum absolute atomic E-state index is 0.145. The summed E-state index contributed by atoms with van der Waals surface area (Å²) in [6, 6.07) is 0.336. The van der Waals surface area contributed by atoms with Crippen molar-refractivity contribution in [3.8, 4) is 0 Å². The number of hydrogen-bond donors (Lipinski definition) is 1. The zero-order chi connectivity index (χ0) is 19.8. The lowest BCUT2D eigenvalue weighted by atomic mass is 9.71. The maximum absolute atomic E-state index is 11.8. The van der Waals surface area contributed by atoms with Crippen LogP contribution in [0.15, 0.2) is 46.4 Å². The minimum Gasteiger partial charge on any atom is -0.429 e. The highest BCUT2D eigenvalue weighted by Gasteiger charge is 2.43. The molecular formula is C24H33NO3. The largest absolute Gasteiger partial charge is 0.429 e. The average molecular weight is 384 g/mol. The number of carbonyl (C=O) groups excluding carboxylic acids is 1. The number of fused-ring (bicyclic) bond motifs is 5. The molecule has 28 heavy (non-hydrogen) atoms. The molecule has 3 atom stereocenters. The number of allylic oxidation sites excluding steroid dienone is 4. The van der Waals surface area contributed by atoms with Crippen molar-refractivity contribution in [2.45, 2.75) is 77.9 Å². The first-order valence-corrected chi connectivity index (χ1v) is 11.0. The van der Waals surface area contributed by atoms with E-state index in [0.717, 1.165) is 31.4 Å². The van der Waals surface area contributed by atoms with Gasteiger partial charge in [-0.05, 0) is 54.7 Å². The molecule has 4 heteroatoms. The second kappa shape index (κ2) is 7.90. The Morgan fingerprint density at radius 3 is 2.79 bits per heavy atom. The summed E-state index contributed by atoms with van der Waals surface area (Å²) < 4.78 is 5.67. The number of hydrogen-bond acceptors (Lipinski definition) is 4. The predicted octanol–water partition coefficient (Wildman–Crippen LogP) is 4.63. The zero-order valence-electron chi connectivity index (χ0n) is 17.4. The average Bonchev–Trinajstić information content (AvgIpc) is 2.68. The summed E-state index contributed by atoms with van der Waals surface area (Å²) in [6.45, 7) is 6.59. The monoisotopic (exact) mass is 383 g/mol. The van der Waals surface area contributed by atoms with Crippen molar-refractivity contribution in [1.29, 1.82) is 0 Å². The molecule has 0 spiro atoms. The van der Waals surface area contributed by atoms with Gasteiger partial charge < -0.3 is 14.7 Å². The lowest BCUT2D eigenvalue weighted by molar-refractivity contribution is -0.138. The number of aliphatic hydroxyl groups is 1. The van der Waals surface area contributed by atoms with Gasteiger partial charge in [0.25, 0.3) is 0 Å². The predicted molar refractivity (Wildman–Crippen MR) is 110 cm³/mol. The summed E-state index contributed by atoms with van der Waals surface area (Å²) in [4.78, 5) is 14.2. The van der Waals surface area contributed by atoms with Crippen LogP contribution in [0.3, 0.4) is 0 Å². The van der Waals surface area contributed by atoms with Crippen LogP contribution in [-0.4, -0.2) is 34.7 Å². The van der Waals surface area contributed by atoms with Crippen molar-refractivity contribution >= 4 is 5.97 Å². The molecule has 0 bridgehead atoms. The van der Waals surface area contributed by atoms with Crippen LogP contribution in [0.4, 0.5) is 0 Å². The number of aliphatic hydroxyl groups excluding tert-OH is 1. The van der Waals surface area contributed by atoms with Gasteiger partial charge in [-0.15, -0.1) is 0 Å². The van der Waals surface area contributed by atoms with E-state index in [1.165, 1.54) is 36.5 Å². The van der Waals surface area contributed by atoms with E-state index >= 15 is 0 Å². The number of ether oxygens (including phenoxy) is 1. The maximum Gasteiger partial charge on any atom is 0.307 e. The van der Waals surface area contributed by atoms with Gasteiger partial charge in [-0.25, -0.2) is 0 Å². The van der Waals surface area contributed by atoms with E-state index in [0.29, 0.717) is 30.7 Å². The highest BCUT2D eigenvalue weighted by molar-refractivity contribution is 5.67. The fourth-order valence-corrected chi connectivity index (χ4v) is 5.65. The molecular weight excluding hydrogens is 350 g/mol. The first-order chi connectivity index (χ1) is 13.5. The molecule has 1 N–H and O–H groups in total. The Labute approximate surface area is 168 Å². The van der Waals surface area contributed by atoms with Crippen molar-refractivity contribution in [1.82, 2.24) is 4.90 Å². The second-order valence-corrected chi connectivity index (χ2v) is 8.65. The number of rotatable bonds is 4. The summed E-state index contributed by atoms with van der Waals surface area (Å²) in [5.74, 6) is 1.08. The van der Waals surface area contributed by atoms with Crippen LogP contribution in [0.5, 0.6) is 0 Å². The Bertz CT molecular complexity index is 769. The summed E-state index contributed by atoms with van der Waals surface area (Å²) >= 11 is 0. The van der Waals surface area contributed by atoms with Gasteiger partial charge in [0, 0.05) is 25.8 Å². The molecule has 0 aromatic rings. The SMILES string of the molecule is CCC(CC)C1=CC2C(=C3CCCC[C@@H]3N3C[C@H](O)CC(OC(C)=O)=C23)C=C1. The van der Waals surface area contributed by atoms with Gasteiger partial charge in [0.05, 0.1) is 17.8 Å². The standard InChI is InChI=1S/C24H33NO3/c1-4-16(5-2)17-10-11-19-20-8-6-7-9-22(20)25-14-18(27)13-23(28-15(3)26)24(25)21(19)12-17/h10-12,16,18,21-22,27H,4-9,13-14H2,1-3H3/t18-,21?,22+/m1/s1. The van der Waals surface area contributed by atoms with Gasteiger partial charge in [0.15, 0.2) is 0 Å². The maximum atomic E-state index is 11.8. The number of nitrogens with zero attached hydrogens (tertiary/aromatic N) is 1. The highest BCUT2D eigenvalue weighted by atomic mass is 16.5. The van der Waals surface area contributed by atoms with Crippen LogP contribution in [0.1, 0.15) is 65.7 Å². The van der Waals surface area contributed by atoms with Crippen LogP contribution in [0.2, 0.25) is 0 Å². The molecule has 0 saturated heterocycles. The van der Waals surface area contributed by atoms with Crippen molar-refractivity contribution < 1.29 is 14.6 Å². The van der Waals surface area contributed by atoms with Crippen LogP contribution in [-0.2, 0) is 9.53 Å². The Balaban J connectivity index is 1.86. The van der Waals surface area contributed by atoms with Crippen LogP contribution >= 0.6 is 0 Å². The second-order valence-electron chi connectivity index (χ2n) is 8.65. The molecule has 2 aliphatic heterocycles. The van der Waals surface area contributed by atoms with E-state index in [4.69, 9.17) is 4.74 Å². The van der Waals surface area contributed by atoms with E-state index in [-0.39, 0.29) is 11.9 Å². The molecule has 0 aromatic heterocycles. The van der Waals surface area contributed by atoms with Gasteiger partial charge >= 0.3 is 5.97 Å². The lowest BCUT2D eigenvalue weighted by Crippen LogP contribution is -2.50. The van der Waals surface area contributed by atoms with Crippen molar-refractivity contribution in [2.75, 3.05) is 6.54 Å². The van der Waals surface area contributed by atoms with E-state index in [2.05, 4.69) is 37.0 Å². The number of carbonyl (C=O) groups is 1. The quantitative estimate of drug-likeness (QED) is 0.719. The molecule has 2 aliphatic carbocycles.